The van der Waals surface area contributed by atoms with Gasteiger partial charge in [0.25, 0.3) is 5.91 Å². The fraction of sp³-hybridized carbons (Fsp3) is 0.625. The summed E-state index contributed by atoms with van der Waals surface area (Å²) in [5.41, 5.74) is 4.84. The van der Waals surface area contributed by atoms with E-state index in [9.17, 15) is 20.1 Å². The maximum atomic E-state index is 12.6. The normalized spacial score (nSPS) is 18.8. The smallest absolute Gasteiger partial charge is 0.273 e. The minimum atomic E-state index is -1.08. The van der Waals surface area contributed by atoms with E-state index in [1.54, 1.807) is 11.0 Å². The van der Waals surface area contributed by atoms with E-state index in [2.05, 4.69) is 4.98 Å². The number of aliphatic hydroxyl groups is 3. The standard InChI is InChI=1S/C16H24ClN3O5S/c1-9(22)12(8-21)25-16(11(23)6-18)26-13-5-10(17)7-19-14(13)15(24)20-3-2-4-20/h5,7,9,11-12,16,21-23H,2-4,6,8,18H2,1H3/t9-,11+,12?,16?/m1/s1. The number of aliphatic hydroxyl groups excluding tert-OH is 3. The molecule has 0 aliphatic carbocycles. The van der Waals surface area contributed by atoms with Gasteiger partial charge in [0.15, 0.2) is 0 Å². The summed E-state index contributed by atoms with van der Waals surface area (Å²) in [5, 5.41) is 29.6. The molecule has 10 heteroatoms. The lowest BCUT2D eigenvalue weighted by molar-refractivity contribution is -0.0926. The van der Waals surface area contributed by atoms with Crippen molar-refractivity contribution in [1.82, 2.24) is 9.88 Å². The predicted octanol–water partition coefficient (Wildman–Crippen LogP) is 0.0770. The van der Waals surface area contributed by atoms with E-state index in [0.29, 0.717) is 23.0 Å². The van der Waals surface area contributed by atoms with Gasteiger partial charge >= 0.3 is 0 Å². The minimum Gasteiger partial charge on any atom is -0.394 e. The van der Waals surface area contributed by atoms with Gasteiger partial charge in [-0.05, 0) is 19.4 Å². The molecule has 0 saturated carbocycles. The molecule has 1 aliphatic heterocycles. The number of hydrogen-bond acceptors (Lipinski definition) is 8. The second-order valence-electron chi connectivity index (χ2n) is 6.03. The number of thioether (sulfide) groups is 1. The molecule has 0 bridgehead atoms. The Balaban J connectivity index is 2.25. The Labute approximate surface area is 161 Å². The van der Waals surface area contributed by atoms with Crippen molar-refractivity contribution in [2.24, 2.45) is 5.73 Å². The van der Waals surface area contributed by atoms with Gasteiger partial charge in [0, 0.05) is 30.7 Å². The number of rotatable bonds is 9. The quantitative estimate of drug-likeness (QED) is 0.335. The second kappa shape index (κ2) is 9.84. The number of carbonyl (C=O) groups excluding carboxylic acids is 1. The predicted molar refractivity (Wildman–Crippen MR) is 98.1 cm³/mol. The first-order valence-electron chi connectivity index (χ1n) is 8.31. The van der Waals surface area contributed by atoms with Crippen LogP contribution in [-0.2, 0) is 4.74 Å². The zero-order valence-corrected chi connectivity index (χ0v) is 16.0. The third-order valence-electron chi connectivity index (χ3n) is 3.99. The average Bonchev–Trinajstić information content (AvgIpc) is 2.55. The van der Waals surface area contributed by atoms with Crippen LogP contribution in [0.5, 0.6) is 0 Å². The van der Waals surface area contributed by atoms with Gasteiger partial charge < -0.3 is 30.7 Å². The van der Waals surface area contributed by atoms with Crippen LogP contribution in [0, 0.1) is 0 Å². The lowest BCUT2D eigenvalue weighted by Crippen LogP contribution is -2.43. The van der Waals surface area contributed by atoms with Gasteiger partial charge in [-0.2, -0.15) is 0 Å². The summed E-state index contributed by atoms with van der Waals surface area (Å²) in [7, 11) is 0. The molecule has 1 saturated heterocycles. The van der Waals surface area contributed by atoms with Crippen LogP contribution in [0.3, 0.4) is 0 Å². The van der Waals surface area contributed by atoms with E-state index in [4.69, 9.17) is 22.1 Å². The molecule has 2 unspecified atom stereocenters. The zero-order chi connectivity index (χ0) is 19.3. The molecule has 1 amide bonds. The fourth-order valence-electron chi connectivity index (χ4n) is 2.26. The van der Waals surface area contributed by atoms with Crippen molar-refractivity contribution in [2.45, 2.75) is 42.0 Å². The Kier molecular flexibility index (Phi) is 8.08. The number of pyridine rings is 1. The topological polar surface area (TPSA) is 129 Å². The van der Waals surface area contributed by atoms with Crippen molar-refractivity contribution in [3.8, 4) is 0 Å². The SMILES string of the molecule is C[C@@H](O)C(CO)OC(Sc1cc(Cl)cnc1C(=O)N1CCC1)[C@@H](O)CN. The molecule has 0 aromatic carbocycles. The Morgan fingerprint density at radius 1 is 1.50 bits per heavy atom. The van der Waals surface area contributed by atoms with Crippen LogP contribution in [-0.4, -0.2) is 81.1 Å². The van der Waals surface area contributed by atoms with Crippen LogP contribution in [0.4, 0.5) is 0 Å². The Hall–Kier alpha value is -0.940. The van der Waals surface area contributed by atoms with Gasteiger partial charge in [-0.3, -0.25) is 4.79 Å². The molecular formula is C16H24ClN3O5S. The highest BCUT2D eigenvalue weighted by Crippen LogP contribution is 2.32. The summed E-state index contributed by atoms with van der Waals surface area (Å²) in [5.74, 6) is -0.217. The van der Waals surface area contributed by atoms with E-state index in [-0.39, 0.29) is 18.1 Å². The number of likely N-dealkylation sites (tertiary alicyclic amines) is 1. The number of amides is 1. The number of aromatic nitrogens is 1. The van der Waals surface area contributed by atoms with Crippen LogP contribution in [0.1, 0.15) is 23.8 Å². The second-order valence-corrected chi connectivity index (χ2v) is 7.61. The largest absolute Gasteiger partial charge is 0.394 e. The third kappa shape index (κ3) is 5.29. The number of nitrogens with zero attached hydrogens (tertiary/aromatic N) is 2. The molecule has 1 aromatic rings. The third-order valence-corrected chi connectivity index (χ3v) is 5.42. The van der Waals surface area contributed by atoms with Crippen molar-refractivity contribution in [1.29, 1.82) is 0 Å². The van der Waals surface area contributed by atoms with Crippen molar-refractivity contribution in [3.05, 3.63) is 23.0 Å². The highest BCUT2D eigenvalue weighted by molar-refractivity contribution is 8.00. The van der Waals surface area contributed by atoms with Gasteiger partial charge in [0.2, 0.25) is 0 Å². The molecule has 1 aromatic heterocycles. The summed E-state index contributed by atoms with van der Waals surface area (Å²) in [6.45, 7) is 2.29. The summed E-state index contributed by atoms with van der Waals surface area (Å²) in [6, 6.07) is 1.57. The Bertz CT molecular complexity index is 618. The molecule has 4 atom stereocenters. The number of nitrogens with two attached hydrogens (primary N) is 1. The van der Waals surface area contributed by atoms with E-state index in [0.717, 1.165) is 18.2 Å². The summed E-state index contributed by atoms with van der Waals surface area (Å²) in [4.78, 5) is 18.8. The van der Waals surface area contributed by atoms with Crippen molar-refractivity contribution < 1.29 is 24.9 Å². The molecule has 26 heavy (non-hydrogen) atoms. The van der Waals surface area contributed by atoms with Crippen LogP contribution >= 0.6 is 23.4 Å². The van der Waals surface area contributed by atoms with Crippen molar-refractivity contribution >= 4 is 29.3 Å². The van der Waals surface area contributed by atoms with Gasteiger partial charge in [0.1, 0.15) is 23.3 Å². The lowest BCUT2D eigenvalue weighted by Gasteiger charge is -2.32. The van der Waals surface area contributed by atoms with Crippen LogP contribution in [0.25, 0.3) is 0 Å². The molecular weight excluding hydrogens is 382 g/mol. The van der Waals surface area contributed by atoms with Crippen LogP contribution in [0.2, 0.25) is 5.02 Å². The molecule has 1 fully saturated rings. The molecule has 0 radical (unpaired) electrons. The first-order valence-corrected chi connectivity index (χ1v) is 9.57. The maximum absolute atomic E-state index is 12.6. The van der Waals surface area contributed by atoms with E-state index in [1.165, 1.54) is 13.1 Å². The van der Waals surface area contributed by atoms with Crippen LogP contribution in [0.15, 0.2) is 17.2 Å². The zero-order valence-electron chi connectivity index (χ0n) is 14.4. The Morgan fingerprint density at radius 3 is 2.69 bits per heavy atom. The highest BCUT2D eigenvalue weighted by Gasteiger charge is 2.30. The number of ether oxygens (including phenoxy) is 1. The number of hydrogen-bond donors (Lipinski definition) is 4. The molecule has 2 heterocycles. The first kappa shape index (κ1) is 21.4. The van der Waals surface area contributed by atoms with Gasteiger partial charge in [-0.15, -0.1) is 0 Å². The summed E-state index contributed by atoms with van der Waals surface area (Å²) >= 11 is 7.06. The highest BCUT2D eigenvalue weighted by atomic mass is 35.5. The fourth-order valence-corrected chi connectivity index (χ4v) is 3.64. The van der Waals surface area contributed by atoms with E-state index in [1.807, 2.05) is 0 Å². The number of halogens is 1. The average molecular weight is 406 g/mol. The maximum Gasteiger partial charge on any atom is 0.273 e. The molecule has 146 valence electrons. The molecule has 5 N–H and O–H groups in total. The summed E-state index contributed by atoms with van der Waals surface area (Å²) < 4.78 is 5.63. The van der Waals surface area contributed by atoms with Crippen LogP contribution < -0.4 is 5.73 Å². The van der Waals surface area contributed by atoms with Gasteiger partial charge in [-0.25, -0.2) is 4.98 Å². The lowest BCUT2D eigenvalue weighted by atomic mass is 10.2. The summed E-state index contributed by atoms with van der Waals surface area (Å²) in [6.07, 6.45) is -0.603. The molecule has 0 spiro atoms. The molecule has 8 nitrogen and oxygen atoms in total. The van der Waals surface area contributed by atoms with E-state index < -0.39 is 30.4 Å². The minimum absolute atomic E-state index is 0.0982. The molecule has 1 aliphatic rings. The number of carbonyl (C=O) groups is 1. The van der Waals surface area contributed by atoms with Crippen molar-refractivity contribution in [3.63, 3.8) is 0 Å². The van der Waals surface area contributed by atoms with Gasteiger partial charge in [0.05, 0.1) is 17.7 Å². The Morgan fingerprint density at radius 2 is 2.19 bits per heavy atom. The monoisotopic (exact) mass is 405 g/mol. The van der Waals surface area contributed by atoms with Crippen molar-refractivity contribution in [2.75, 3.05) is 26.2 Å². The molecule has 2 rings (SSSR count). The van der Waals surface area contributed by atoms with E-state index >= 15 is 0 Å². The first-order chi connectivity index (χ1) is 12.4. The van der Waals surface area contributed by atoms with Gasteiger partial charge in [-0.1, -0.05) is 23.4 Å².